The Labute approximate surface area is 128 Å². The lowest BCUT2D eigenvalue weighted by Gasteiger charge is -2.15. The van der Waals surface area contributed by atoms with E-state index in [1.165, 1.54) is 17.7 Å². The molecule has 0 aliphatic carbocycles. The first kappa shape index (κ1) is 13.1. The van der Waals surface area contributed by atoms with Crippen LogP contribution in [0.1, 0.15) is 21.5 Å². The average molecular weight is 386 g/mol. The van der Waals surface area contributed by atoms with Crippen LogP contribution in [0.25, 0.3) is 0 Å². The van der Waals surface area contributed by atoms with E-state index >= 15 is 0 Å². The second kappa shape index (κ2) is 5.25. The molecular weight excluding hydrogens is 375 g/mol. The highest BCUT2D eigenvalue weighted by atomic mass is 79.9. The van der Waals surface area contributed by atoms with Gasteiger partial charge in [-0.3, -0.25) is 0 Å². The predicted octanol–water partition coefficient (Wildman–Crippen LogP) is 5.01. The predicted molar refractivity (Wildman–Crippen MR) is 80.5 cm³/mol. The number of alkyl halides is 1. The van der Waals surface area contributed by atoms with E-state index < -0.39 is 0 Å². The van der Waals surface area contributed by atoms with Crippen molar-refractivity contribution in [2.45, 2.75) is 11.2 Å². The Balaban J connectivity index is 2.04. The maximum Gasteiger partial charge on any atom is 0.127 e. The van der Waals surface area contributed by atoms with Crippen LogP contribution >= 0.6 is 31.9 Å². The van der Waals surface area contributed by atoms with E-state index in [1.807, 2.05) is 6.07 Å². The molecule has 0 N–H and O–H groups in total. The van der Waals surface area contributed by atoms with E-state index in [1.54, 1.807) is 12.1 Å². The van der Waals surface area contributed by atoms with Gasteiger partial charge in [0.2, 0.25) is 0 Å². The molecule has 1 aliphatic rings. The molecule has 19 heavy (non-hydrogen) atoms. The second-order valence-electron chi connectivity index (χ2n) is 4.50. The average Bonchev–Trinajstić information content (AvgIpc) is 2.85. The Morgan fingerprint density at radius 3 is 2.63 bits per heavy atom. The minimum Gasteiger partial charge on any atom is -0.493 e. The van der Waals surface area contributed by atoms with E-state index in [9.17, 15) is 4.39 Å². The van der Waals surface area contributed by atoms with Crippen LogP contribution in [0.3, 0.4) is 0 Å². The maximum absolute atomic E-state index is 13.0. The maximum atomic E-state index is 13.0. The van der Waals surface area contributed by atoms with Gasteiger partial charge in [-0.25, -0.2) is 4.39 Å². The van der Waals surface area contributed by atoms with E-state index in [-0.39, 0.29) is 10.6 Å². The fourth-order valence-electron chi connectivity index (χ4n) is 2.30. The van der Waals surface area contributed by atoms with Gasteiger partial charge in [-0.05, 0) is 35.4 Å². The van der Waals surface area contributed by atoms with Crippen molar-refractivity contribution < 1.29 is 9.13 Å². The van der Waals surface area contributed by atoms with Crippen LogP contribution in [0.15, 0.2) is 40.9 Å². The molecule has 1 unspecified atom stereocenters. The molecule has 0 saturated heterocycles. The van der Waals surface area contributed by atoms with E-state index in [0.717, 1.165) is 34.4 Å². The van der Waals surface area contributed by atoms with Crippen LogP contribution in [0.2, 0.25) is 0 Å². The first-order valence-corrected chi connectivity index (χ1v) is 7.70. The fraction of sp³-hybridized carbons (Fsp3) is 0.200. The van der Waals surface area contributed by atoms with Crippen molar-refractivity contribution in [3.8, 4) is 5.75 Å². The molecule has 1 heterocycles. The number of halogens is 3. The Morgan fingerprint density at radius 1 is 1.16 bits per heavy atom. The van der Waals surface area contributed by atoms with Gasteiger partial charge in [-0.2, -0.15) is 0 Å². The topological polar surface area (TPSA) is 9.23 Å². The number of benzene rings is 2. The molecule has 0 bridgehead atoms. The van der Waals surface area contributed by atoms with Gasteiger partial charge in [0.25, 0.3) is 0 Å². The van der Waals surface area contributed by atoms with Crippen LogP contribution in [0, 0.1) is 5.82 Å². The molecular formula is C15H11Br2FO. The van der Waals surface area contributed by atoms with Gasteiger partial charge in [0, 0.05) is 16.5 Å². The summed E-state index contributed by atoms with van der Waals surface area (Å²) < 4.78 is 19.8. The molecule has 0 amide bonds. The molecule has 2 aromatic rings. The summed E-state index contributed by atoms with van der Waals surface area (Å²) in [5.74, 6) is 0.730. The highest BCUT2D eigenvalue weighted by Gasteiger charge is 2.22. The number of hydrogen-bond acceptors (Lipinski definition) is 1. The largest absolute Gasteiger partial charge is 0.493 e. The minimum atomic E-state index is -0.223. The lowest BCUT2D eigenvalue weighted by atomic mass is 10.0. The van der Waals surface area contributed by atoms with Crippen molar-refractivity contribution in [3.05, 3.63) is 63.4 Å². The third kappa shape index (κ3) is 2.56. The summed E-state index contributed by atoms with van der Waals surface area (Å²) in [5, 5.41) is 0. The SMILES string of the molecule is Fc1ccc(C(Br)c2cc(Br)cc3c2OCC3)cc1. The molecule has 1 aliphatic heterocycles. The standard InChI is InChI=1S/C15H11Br2FO/c16-11-7-10-5-6-19-15(10)13(8-11)14(17)9-1-3-12(18)4-2-9/h1-4,7-8,14H,5-6H2. The monoisotopic (exact) mass is 384 g/mol. The summed E-state index contributed by atoms with van der Waals surface area (Å²) >= 11 is 7.21. The number of fused-ring (bicyclic) bond motifs is 1. The highest BCUT2D eigenvalue weighted by molar-refractivity contribution is 9.10. The van der Waals surface area contributed by atoms with Crippen molar-refractivity contribution in [1.29, 1.82) is 0 Å². The first-order valence-electron chi connectivity index (χ1n) is 6.00. The molecule has 1 nitrogen and oxygen atoms in total. The van der Waals surface area contributed by atoms with Gasteiger partial charge in [-0.1, -0.05) is 44.0 Å². The van der Waals surface area contributed by atoms with Crippen molar-refractivity contribution in [2.75, 3.05) is 6.61 Å². The van der Waals surface area contributed by atoms with Gasteiger partial charge >= 0.3 is 0 Å². The molecule has 0 spiro atoms. The van der Waals surface area contributed by atoms with E-state index in [2.05, 4.69) is 37.9 Å². The lowest BCUT2D eigenvalue weighted by Crippen LogP contribution is -1.97. The summed E-state index contributed by atoms with van der Waals surface area (Å²) in [6.45, 7) is 0.724. The van der Waals surface area contributed by atoms with Gasteiger partial charge in [0.1, 0.15) is 11.6 Å². The summed E-state index contributed by atoms with van der Waals surface area (Å²) in [4.78, 5) is -0.00236. The molecule has 0 radical (unpaired) electrons. The lowest BCUT2D eigenvalue weighted by molar-refractivity contribution is 0.354. The Kier molecular flexibility index (Phi) is 3.63. The molecule has 0 fully saturated rings. The zero-order valence-electron chi connectivity index (χ0n) is 10.00. The third-order valence-corrected chi connectivity index (χ3v) is 4.69. The molecule has 2 aromatic carbocycles. The van der Waals surface area contributed by atoms with Crippen LogP contribution in [-0.4, -0.2) is 6.61 Å². The first-order chi connectivity index (χ1) is 9.15. The summed E-state index contributed by atoms with van der Waals surface area (Å²) in [5.41, 5.74) is 3.31. The van der Waals surface area contributed by atoms with Crippen LogP contribution in [0.4, 0.5) is 4.39 Å². The third-order valence-electron chi connectivity index (χ3n) is 3.21. The second-order valence-corrected chi connectivity index (χ2v) is 6.33. The van der Waals surface area contributed by atoms with Gasteiger partial charge in [-0.15, -0.1) is 0 Å². The smallest absolute Gasteiger partial charge is 0.127 e. The summed E-state index contributed by atoms with van der Waals surface area (Å²) in [7, 11) is 0. The van der Waals surface area contributed by atoms with Gasteiger partial charge < -0.3 is 4.74 Å². The normalized spacial score (nSPS) is 14.9. The Hall–Kier alpha value is -0.870. The van der Waals surface area contributed by atoms with Crippen molar-refractivity contribution >= 4 is 31.9 Å². The van der Waals surface area contributed by atoms with Gasteiger partial charge in [0.15, 0.2) is 0 Å². The Morgan fingerprint density at radius 2 is 1.89 bits per heavy atom. The highest BCUT2D eigenvalue weighted by Crippen LogP contribution is 2.42. The number of ether oxygens (including phenoxy) is 1. The zero-order valence-corrected chi connectivity index (χ0v) is 13.2. The van der Waals surface area contributed by atoms with Crippen LogP contribution in [-0.2, 0) is 6.42 Å². The summed E-state index contributed by atoms with van der Waals surface area (Å²) in [6.07, 6.45) is 0.935. The molecule has 4 heteroatoms. The molecule has 98 valence electrons. The fourth-order valence-corrected chi connectivity index (χ4v) is 3.47. The van der Waals surface area contributed by atoms with E-state index in [0.29, 0.717) is 0 Å². The van der Waals surface area contributed by atoms with Crippen LogP contribution in [0.5, 0.6) is 5.75 Å². The van der Waals surface area contributed by atoms with E-state index in [4.69, 9.17) is 4.74 Å². The number of rotatable bonds is 2. The number of hydrogen-bond donors (Lipinski definition) is 0. The van der Waals surface area contributed by atoms with Crippen molar-refractivity contribution in [2.24, 2.45) is 0 Å². The molecule has 1 atom stereocenters. The minimum absolute atomic E-state index is 0.00236. The quantitative estimate of drug-likeness (QED) is 0.660. The van der Waals surface area contributed by atoms with Crippen LogP contribution < -0.4 is 4.74 Å². The van der Waals surface area contributed by atoms with Gasteiger partial charge in [0.05, 0.1) is 11.4 Å². The zero-order chi connectivity index (χ0) is 13.4. The molecule has 0 saturated carbocycles. The van der Waals surface area contributed by atoms with Crippen molar-refractivity contribution in [1.82, 2.24) is 0 Å². The molecule has 3 rings (SSSR count). The van der Waals surface area contributed by atoms with Crippen molar-refractivity contribution in [3.63, 3.8) is 0 Å². The summed E-state index contributed by atoms with van der Waals surface area (Å²) in [6, 6.07) is 10.7. The Bertz CT molecular complexity index is 610. The molecule has 0 aromatic heterocycles.